The molecule has 0 fully saturated rings. The van der Waals surface area contributed by atoms with E-state index in [4.69, 9.17) is 0 Å². The van der Waals surface area contributed by atoms with Gasteiger partial charge in [-0.25, -0.2) is 9.97 Å². The summed E-state index contributed by atoms with van der Waals surface area (Å²) in [5, 5.41) is 6.53. The number of nitrogens with one attached hydrogen (secondary N) is 3. The largest absolute Gasteiger partial charge is 0.384 e. The van der Waals surface area contributed by atoms with E-state index in [0.29, 0.717) is 5.92 Å². The highest BCUT2D eigenvalue weighted by Crippen LogP contribution is 2.29. The Hall–Kier alpha value is -2.56. The molecule has 0 amide bonds. The number of hydrogen-bond donors (Lipinski definition) is 3. The van der Waals surface area contributed by atoms with Crippen LogP contribution in [0.25, 0.3) is 11.2 Å². The molecule has 3 N–H and O–H groups in total. The molecule has 0 saturated heterocycles. The van der Waals surface area contributed by atoms with Gasteiger partial charge in [0.15, 0.2) is 5.65 Å². The number of benzene rings is 1. The van der Waals surface area contributed by atoms with Crippen LogP contribution >= 0.6 is 0 Å². The van der Waals surface area contributed by atoms with Crippen molar-refractivity contribution >= 4 is 22.7 Å². The summed E-state index contributed by atoms with van der Waals surface area (Å²) in [5.74, 6) is 2.20. The van der Waals surface area contributed by atoms with Crippen LogP contribution in [0.15, 0.2) is 36.4 Å². The summed E-state index contributed by atoms with van der Waals surface area (Å²) in [4.78, 5) is 12.6. The average molecular weight is 279 g/mol. The molecule has 0 spiro atoms. The minimum atomic E-state index is 0.354. The molecular weight excluding hydrogens is 262 g/mol. The molecule has 3 heterocycles. The summed E-state index contributed by atoms with van der Waals surface area (Å²) < 4.78 is 0. The minimum absolute atomic E-state index is 0.354. The van der Waals surface area contributed by atoms with Gasteiger partial charge in [0.1, 0.15) is 11.6 Å². The highest BCUT2D eigenvalue weighted by Gasteiger charge is 2.22. The van der Waals surface area contributed by atoms with Crippen LogP contribution in [0.2, 0.25) is 0 Å². The van der Waals surface area contributed by atoms with Crippen molar-refractivity contribution in [3.8, 4) is 0 Å². The maximum absolute atomic E-state index is 4.67. The SMILES string of the molecule is CNc1ccc2[nH]c(C3CNc4ccccc4C3)nc2n1. The van der Waals surface area contributed by atoms with Gasteiger partial charge in [-0.3, -0.25) is 0 Å². The number of pyridine rings is 1. The zero-order valence-corrected chi connectivity index (χ0v) is 11.9. The fraction of sp³-hybridized carbons (Fsp3) is 0.250. The van der Waals surface area contributed by atoms with Gasteiger partial charge in [-0.1, -0.05) is 18.2 Å². The molecular formula is C16H17N5. The molecule has 5 nitrogen and oxygen atoms in total. The lowest BCUT2D eigenvalue weighted by molar-refractivity contribution is 0.659. The van der Waals surface area contributed by atoms with Gasteiger partial charge in [-0.15, -0.1) is 0 Å². The van der Waals surface area contributed by atoms with Gasteiger partial charge in [0.2, 0.25) is 0 Å². The van der Waals surface area contributed by atoms with Crippen LogP contribution in [-0.2, 0) is 6.42 Å². The molecule has 21 heavy (non-hydrogen) atoms. The fourth-order valence-electron chi connectivity index (χ4n) is 2.88. The van der Waals surface area contributed by atoms with E-state index < -0.39 is 0 Å². The van der Waals surface area contributed by atoms with E-state index in [1.165, 1.54) is 11.3 Å². The van der Waals surface area contributed by atoms with Crippen molar-refractivity contribution in [2.24, 2.45) is 0 Å². The Labute approximate surface area is 122 Å². The molecule has 1 atom stereocenters. The van der Waals surface area contributed by atoms with E-state index >= 15 is 0 Å². The second-order valence-electron chi connectivity index (χ2n) is 5.38. The Morgan fingerprint density at radius 2 is 2.05 bits per heavy atom. The molecule has 0 bridgehead atoms. The van der Waals surface area contributed by atoms with Crippen molar-refractivity contribution in [3.05, 3.63) is 47.8 Å². The second kappa shape index (κ2) is 4.77. The Morgan fingerprint density at radius 3 is 2.95 bits per heavy atom. The minimum Gasteiger partial charge on any atom is -0.384 e. The van der Waals surface area contributed by atoms with E-state index in [9.17, 15) is 0 Å². The molecule has 0 aliphatic carbocycles. The highest BCUT2D eigenvalue weighted by molar-refractivity contribution is 5.73. The van der Waals surface area contributed by atoms with Gasteiger partial charge in [-0.2, -0.15) is 0 Å². The predicted molar refractivity (Wildman–Crippen MR) is 84.8 cm³/mol. The Morgan fingerprint density at radius 1 is 1.14 bits per heavy atom. The molecule has 106 valence electrons. The highest BCUT2D eigenvalue weighted by atomic mass is 15.1. The van der Waals surface area contributed by atoms with E-state index in [2.05, 4.69) is 49.9 Å². The molecule has 4 rings (SSSR count). The number of rotatable bonds is 2. The van der Waals surface area contributed by atoms with Gasteiger partial charge >= 0.3 is 0 Å². The topological polar surface area (TPSA) is 65.6 Å². The fourth-order valence-corrected chi connectivity index (χ4v) is 2.88. The number of para-hydroxylation sites is 1. The maximum Gasteiger partial charge on any atom is 0.179 e. The van der Waals surface area contributed by atoms with Gasteiger partial charge < -0.3 is 15.6 Å². The van der Waals surface area contributed by atoms with Gasteiger partial charge in [0.25, 0.3) is 0 Å². The number of anilines is 2. The molecule has 5 heteroatoms. The Kier molecular flexibility index (Phi) is 2.77. The van der Waals surface area contributed by atoms with Crippen molar-refractivity contribution in [1.29, 1.82) is 0 Å². The molecule has 0 saturated carbocycles. The summed E-state index contributed by atoms with van der Waals surface area (Å²) in [6, 6.07) is 12.4. The standard InChI is InChI=1S/C16H17N5/c1-17-14-7-6-13-16(20-14)21-15(19-13)11-8-10-4-2-3-5-12(10)18-9-11/h2-7,11,18H,8-9H2,1H3,(H2,17,19,20,21). The quantitative estimate of drug-likeness (QED) is 0.675. The first kappa shape index (κ1) is 12.2. The Balaban J connectivity index is 1.68. The molecule has 3 aromatic rings. The van der Waals surface area contributed by atoms with E-state index in [0.717, 1.165) is 35.8 Å². The van der Waals surface area contributed by atoms with E-state index in [1.807, 2.05) is 19.2 Å². The normalized spacial score (nSPS) is 17.3. The third kappa shape index (κ3) is 2.11. The summed E-state index contributed by atoms with van der Waals surface area (Å²) in [6.07, 6.45) is 1.00. The van der Waals surface area contributed by atoms with Crippen LogP contribution in [0, 0.1) is 0 Å². The van der Waals surface area contributed by atoms with Crippen molar-refractivity contribution in [3.63, 3.8) is 0 Å². The number of aromatic amines is 1. The van der Waals surface area contributed by atoms with Crippen molar-refractivity contribution in [1.82, 2.24) is 15.0 Å². The molecule has 1 aromatic carbocycles. The first-order valence-corrected chi connectivity index (χ1v) is 7.19. The van der Waals surface area contributed by atoms with Crippen LogP contribution in [0.1, 0.15) is 17.3 Å². The summed E-state index contributed by atoms with van der Waals surface area (Å²) in [6.45, 7) is 0.899. The first-order valence-electron chi connectivity index (χ1n) is 7.19. The van der Waals surface area contributed by atoms with Crippen LogP contribution in [-0.4, -0.2) is 28.5 Å². The van der Waals surface area contributed by atoms with Gasteiger partial charge in [-0.05, 0) is 30.2 Å². The average Bonchev–Trinajstić information content (AvgIpc) is 2.97. The molecule has 1 aliphatic rings. The van der Waals surface area contributed by atoms with Crippen molar-refractivity contribution in [2.75, 3.05) is 24.2 Å². The monoisotopic (exact) mass is 279 g/mol. The van der Waals surface area contributed by atoms with Crippen LogP contribution in [0.3, 0.4) is 0 Å². The molecule has 2 aromatic heterocycles. The van der Waals surface area contributed by atoms with E-state index in [-0.39, 0.29) is 0 Å². The third-order valence-electron chi connectivity index (χ3n) is 4.03. The first-order chi connectivity index (χ1) is 10.3. The zero-order valence-electron chi connectivity index (χ0n) is 11.9. The maximum atomic E-state index is 4.67. The summed E-state index contributed by atoms with van der Waals surface area (Å²) in [5.41, 5.74) is 4.34. The second-order valence-corrected chi connectivity index (χ2v) is 5.38. The lowest BCUT2D eigenvalue weighted by atomic mass is 9.93. The third-order valence-corrected chi connectivity index (χ3v) is 4.03. The lowest BCUT2D eigenvalue weighted by Gasteiger charge is -2.24. The van der Waals surface area contributed by atoms with E-state index in [1.54, 1.807) is 0 Å². The number of imidazole rings is 1. The zero-order chi connectivity index (χ0) is 14.2. The number of nitrogens with zero attached hydrogens (tertiary/aromatic N) is 2. The van der Waals surface area contributed by atoms with Gasteiger partial charge in [0, 0.05) is 25.2 Å². The van der Waals surface area contributed by atoms with Crippen molar-refractivity contribution < 1.29 is 0 Å². The molecule has 1 aliphatic heterocycles. The predicted octanol–water partition coefficient (Wildman–Crippen LogP) is 2.75. The number of fused-ring (bicyclic) bond motifs is 2. The summed E-state index contributed by atoms with van der Waals surface area (Å²) in [7, 11) is 1.86. The summed E-state index contributed by atoms with van der Waals surface area (Å²) >= 11 is 0. The van der Waals surface area contributed by atoms with Crippen LogP contribution in [0.4, 0.5) is 11.5 Å². The number of hydrogen-bond acceptors (Lipinski definition) is 4. The Bertz CT molecular complexity index is 792. The van der Waals surface area contributed by atoms with Crippen LogP contribution < -0.4 is 10.6 Å². The van der Waals surface area contributed by atoms with Gasteiger partial charge in [0.05, 0.1) is 5.52 Å². The van der Waals surface area contributed by atoms with Crippen LogP contribution in [0.5, 0.6) is 0 Å². The molecule has 1 unspecified atom stereocenters. The lowest BCUT2D eigenvalue weighted by Crippen LogP contribution is -2.22. The smallest absolute Gasteiger partial charge is 0.179 e. The number of H-pyrrole nitrogens is 1. The molecule has 0 radical (unpaired) electrons. The van der Waals surface area contributed by atoms with Crippen molar-refractivity contribution in [2.45, 2.75) is 12.3 Å². The number of aromatic nitrogens is 3.